The Kier molecular flexibility index (Phi) is 3.28. The number of methoxy groups -OCH3 is 1. The molecule has 2 rings (SSSR count). The van der Waals surface area contributed by atoms with Crippen molar-refractivity contribution in [2.24, 2.45) is 5.92 Å². The van der Waals surface area contributed by atoms with E-state index >= 15 is 0 Å². The Hall–Kier alpha value is -1.23. The first-order valence-corrected chi connectivity index (χ1v) is 5.97. The highest BCUT2D eigenvalue weighted by Gasteiger charge is 2.41. The summed E-state index contributed by atoms with van der Waals surface area (Å²) in [5.74, 6) is 0.938. The number of ether oxygens (including phenoxy) is 1. The molecule has 1 aliphatic rings. The highest BCUT2D eigenvalue weighted by Crippen LogP contribution is 2.41. The Bertz CT molecular complexity index is 416. The molecule has 0 aromatic carbocycles. The number of ketones is 1. The first-order valence-electron chi connectivity index (χ1n) is 5.97. The van der Waals surface area contributed by atoms with E-state index in [4.69, 9.17) is 9.26 Å². The maximum absolute atomic E-state index is 11.2. The summed E-state index contributed by atoms with van der Waals surface area (Å²) in [5.41, 5.74) is -0.477. The molecular formula is C12H18N2O3. The van der Waals surface area contributed by atoms with Crippen LogP contribution < -0.4 is 0 Å². The normalized spacial score (nSPS) is 29.2. The van der Waals surface area contributed by atoms with Gasteiger partial charge < -0.3 is 9.26 Å². The van der Waals surface area contributed by atoms with Gasteiger partial charge in [-0.1, -0.05) is 18.5 Å². The van der Waals surface area contributed by atoms with E-state index in [1.54, 1.807) is 7.11 Å². The van der Waals surface area contributed by atoms with Crippen molar-refractivity contribution in [2.75, 3.05) is 7.11 Å². The zero-order valence-electron chi connectivity index (χ0n) is 10.5. The lowest BCUT2D eigenvalue weighted by Crippen LogP contribution is -2.35. The first-order chi connectivity index (χ1) is 8.07. The second-order valence-corrected chi connectivity index (χ2v) is 4.88. The number of nitrogens with zero attached hydrogens (tertiary/aromatic N) is 2. The molecule has 0 amide bonds. The summed E-state index contributed by atoms with van der Waals surface area (Å²) < 4.78 is 10.6. The fraction of sp³-hybridized carbons (Fsp3) is 0.750. The minimum absolute atomic E-state index is 0.0645. The molecule has 0 aliphatic heterocycles. The summed E-state index contributed by atoms with van der Waals surface area (Å²) in [5, 5.41) is 3.91. The van der Waals surface area contributed by atoms with E-state index in [1.165, 1.54) is 13.3 Å². The fourth-order valence-electron chi connectivity index (χ4n) is 2.53. The van der Waals surface area contributed by atoms with Crippen LogP contribution in [0, 0.1) is 5.92 Å². The molecule has 0 bridgehead atoms. The van der Waals surface area contributed by atoms with E-state index in [2.05, 4.69) is 17.1 Å². The van der Waals surface area contributed by atoms with Gasteiger partial charge in [0.2, 0.25) is 11.6 Å². The zero-order chi connectivity index (χ0) is 12.5. The van der Waals surface area contributed by atoms with Crippen molar-refractivity contribution in [3.05, 3.63) is 11.7 Å². The number of carbonyl (C=O) groups is 1. The third-order valence-electron chi connectivity index (χ3n) is 3.48. The molecule has 2 unspecified atom stereocenters. The van der Waals surface area contributed by atoms with E-state index in [-0.39, 0.29) is 11.7 Å². The van der Waals surface area contributed by atoms with Gasteiger partial charge in [-0.25, -0.2) is 0 Å². The summed E-state index contributed by atoms with van der Waals surface area (Å²) in [6, 6.07) is 0. The predicted molar refractivity (Wildman–Crippen MR) is 60.6 cm³/mol. The van der Waals surface area contributed by atoms with Gasteiger partial charge in [-0.15, -0.1) is 0 Å². The molecule has 0 N–H and O–H groups in total. The molecule has 0 saturated heterocycles. The van der Waals surface area contributed by atoms with Gasteiger partial charge in [-0.2, -0.15) is 4.98 Å². The molecule has 5 heteroatoms. The molecule has 0 radical (unpaired) electrons. The van der Waals surface area contributed by atoms with Gasteiger partial charge in [0.05, 0.1) is 0 Å². The maximum Gasteiger partial charge on any atom is 0.293 e. The van der Waals surface area contributed by atoms with Gasteiger partial charge in [-0.05, 0) is 25.2 Å². The zero-order valence-corrected chi connectivity index (χ0v) is 10.5. The topological polar surface area (TPSA) is 65.2 Å². The van der Waals surface area contributed by atoms with Crippen molar-refractivity contribution in [1.29, 1.82) is 0 Å². The van der Waals surface area contributed by atoms with Gasteiger partial charge in [0.15, 0.2) is 0 Å². The lowest BCUT2D eigenvalue weighted by atomic mass is 9.78. The second-order valence-electron chi connectivity index (χ2n) is 4.88. The third kappa shape index (κ3) is 2.24. The number of hydrogen-bond donors (Lipinski definition) is 0. The van der Waals surface area contributed by atoms with Crippen molar-refractivity contribution in [3.63, 3.8) is 0 Å². The van der Waals surface area contributed by atoms with E-state index in [1.807, 2.05) is 0 Å². The Balaban J connectivity index is 2.30. The number of carbonyl (C=O) groups excluding carboxylic acids is 1. The number of aromatic nitrogens is 2. The summed E-state index contributed by atoms with van der Waals surface area (Å²) in [6.45, 7) is 3.61. The Morgan fingerprint density at radius 3 is 2.88 bits per heavy atom. The van der Waals surface area contributed by atoms with Crippen molar-refractivity contribution in [3.8, 4) is 0 Å². The van der Waals surface area contributed by atoms with E-state index in [0.29, 0.717) is 11.7 Å². The fourth-order valence-corrected chi connectivity index (χ4v) is 2.53. The van der Waals surface area contributed by atoms with Crippen LogP contribution in [0.1, 0.15) is 56.0 Å². The average Bonchev–Trinajstić information content (AvgIpc) is 2.78. The monoisotopic (exact) mass is 238 g/mol. The van der Waals surface area contributed by atoms with Crippen LogP contribution in [0.15, 0.2) is 4.52 Å². The minimum Gasteiger partial charge on any atom is -0.370 e. The second kappa shape index (κ2) is 4.56. The lowest BCUT2D eigenvalue weighted by Gasteiger charge is -2.36. The van der Waals surface area contributed by atoms with Crippen LogP contribution in [0.4, 0.5) is 0 Å². The van der Waals surface area contributed by atoms with Crippen molar-refractivity contribution in [1.82, 2.24) is 10.1 Å². The number of Topliss-reactive ketones (excluding diaryl/α,β-unsaturated/α-hetero) is 1. The lowest BCUT2D eigenvalue weighted by molar-refractivity contribution is -0.0658. The van der Waals surface area contributed by atoms with Gasteiger partial charge in [0, 0.05) is 14.0 Å². The van der Waals surface area contributed by atoms with Crippen LogP contribution in [-0.2, 0) is 10.3 Å². The molecule has 1 fully saturated rings. The van der Waals surface area contributed by atoms with Crippen LogP contribution in [0.25, 0.3) is 0 Å². The molecule has 1 saturated carbocycles. The molecule has 17 heavy (non-hydrogen) atoms. The van der Waals surface area contributed by atoms with E-state index in [0.717, 1.165) is 19.3 Å². The summed E-state index contributed by atoms with van der Waals surface area (Å²) >= 11 is 0. The van der Waals surface area contributed by atoms with Crippen LogP contribution in [0.2, 0.25) is 0 Å². The van der Waals surface area contributed by atoms with Crippen LogP contribution in [0.3, 0.4) is 0 Å². The van der Waals surface area contributed by atoms with Crippen molar-refractivity contribution in [2.45, 2.75) is 45.1 Å². The number of hydrogen-bond acceptors (Lipinski definition) is 5. The molecule has 1 aliphatic carbocycles. The summed E-state index contributed by atoms with van der Waals surface area (Å²) in [6.07, 6.45) is 4.03. The predicted octanol–water partition coefficient (Wildman–Crippen LogP) is 2.32. The summed E-state index contributed by atoms with van der Waals surface area (Å²) in [4.78, 5) is 15.3. The average molecular weight is 238 g/mol. The number of rotatable bonds is 3. The molecule has 1 aromatic rings. The molecule has 2 atom stereocenters. The van der Waals surface area contributed by atoms with E-state index in [9.17, 15) is 4.79 Å². The minimum atomic E-state index is -0.477. The third-order valence-corrected chi connectivity index (χ3v) is 3.48. The van der Waals surface area contributed by atoms with Crippen molar-refractivity contribution >= 4 is 5.78 Å². The molecule has 5 nitrogen and oxygen atoms in total. The standard InChI is InChI=1S/C12H18N2O3/c1-8-5-4-6-12(7-8,16-3)11-13-10(9(2)15)17-14-11/h8H,4-7H2,1-3H3. The van der Waals surface area contributed by atoms with Crippen molar-refractivity contribution < 1.29 is 14.1 Å². The summed E-state index contributed by atoms with van der Waals surface area (Å²) in [7, 11) is 1.67. The molecule has 1 aromatic heterocycles. The Morgan fingerprint density at radius 1 is 1.59 bits per heavy atom. The molecule has 94 valence electrons. The van der Waals surface area contributed by atoms with Crippen LogP contribution in [0.5, 0.6) is 0 Å². The smallest absolute Gasteiger partial charge is 0.293 e. The van der Waals surface area contributed by atoms with Gasteiger partial charge in [0.1, 0.15) is 5.60 Å². The van der Waals surface area contributed by atoms with Crippen LogP contribution >= 0.6 is 0 Å². The van der Waals surface area contributed by atoms with E-state index < -0.39 is 5.60 Å². The maximum atomic E-state index is 11.2. The highest BCUT2D eigenvalue weighted by atomic mass is 16.5. The van der Waals surface area contributed by atoms with Gasteiger partial charge >= 0.3 is 0 Å². The Labute approximate surface area is 101 Å². The van der Waals surface area contributed by atoms with Crippen LogP contribution in [-0.4, -0.2) is 23.0 Å². The SMILES string of the molecule is COC1(c2noc(C(C)=O)n2)CCCC(C)C1. The Morgan fingerprint density at radius 2 is 2.35 bits per heavy atom. The molecule has 0 spiro atoms. The molecule has 1 heterocycles. The highest BCUT2D eigenvalue weighted by molar-refractivity contribution is 5.89. The first kappa shape index (κ1) is 12.2. The van der Waals surface area contributed by atoms with Gasteiger partial charge in [-0.3, -0.25) is 4.79 Å². The van der Waals surface area contributed by atoms with Gasteiger partial charge in [0.25, 0.3) is 5.89 Å². The molecular weight excluding hydrogens is 220 g/mol. The largest absolute Gasteiger partial charge is 0.370 e. The quantitative estimate of drug-likeness (QED) is 0.756.